The fourth-order valence-corrected chi connectivity index (χ4v) is 3.57. The van der Waals surface area contributed by atoms with Crippen molar-refractivity contribution < 1.29 is 0 Å². The van der Waals surface area contributed by atoms with Crippen molar-refractivity contribution in [1.29, 1.82) is 0 Å². The molecule has 0 saturated carbocycles. The Morgan fingerprint density at radius 3 is 2.18 bits per heavy atom. The average molecular weight is 308 g/mol. The van der Waals surface area contributed by atoms with Crippen LogP contribution in [0.2, 0.25) is 0 Å². The second kappa shape index (κ2) is 6.86. The summed E-state index contributed by atoms with van der Waals surface area (Å²) in [7, 11) is 0. The second-order valence-corrected chi connectivity index (χ2v) is 6.38. The van der Waals surface area contributed by atoms with Crippen LogP contribution in [0.15, 0.2) is 54.6 Å². The molecule has 1 heterocycles. The van der Waals surface area contributed by atoms with Gasteiger partial charge in [0.15, 0.2) is 0 Å². The van der Waals surface area contributed by atoms with Gasteiger partial charge in [-0.1, -0.05) is 61.5 Å². The molecule has 0 bridgehead atoms. The molecule has 1 aromatic heterocycles. The van der Waals surface area contributed by atoms with Gasteiger partial charge in [-0.05, 0) is 30.5 Å². The molecular weight excluding hydrogens is 288 g/mol. The summed E-state index contributed by atoms with van der Waals surface area (Å²) in [5, 5.41) is 1.19. The van der Waals surface area contributed by atoms with E-state index in [2.05, 4.69) is 55.5 Å². The monoisotopic (exact) mass is 308 g/mol. The van der Waals surface area contributed by atoms with Crippen LogP contribution in [0.5, 0.6) is 0 Å². The van der Waals surface area contributed by atoms with E-state index in [1.54, 1.807) is 11.3 Å². The van der Waals surface area contributed by atoms with Gasteiger partial charge in [-0.15, -0.1) is 11.3 Å². The molecule has 0 aliphatic carbocycles. The lowest BCUT2D eigenvalue weighted by atomic mass is 10.0. The first-order chi connectivity index (χ1) is 10.8. The smallest absolute Gasteiger partial charge is 0.0932 e. The maximum absolute atomic E-state index is 5.74. The van der Waals surface area contributed by atoms with E-state index in [4.69, 9.17) is 10.7 Å². The number of hydrogen-bond acceptors (Lipinski definition) is 3. The van der Waals surface area contributed by atoms with Crippen LogP contribution >= 0.6 is 11.3 Å². The summed E-state index contributed by atoms with van der Waals surface area (Å²) >= 11 is 1.79. The maximum Gasteiger partial charge on any atom is 0.0932 e. The number of aryl methyl sites for hydroxylation is 1. The lowest BCUT2D eigenvalue weighted by Gasteiger charge is -2.04. The summed E-state index contributed by atoms with van der Waals surface area (Å²) in [4.78, 5) is 6.08. The second-order valence-electron chi connectivity index (χ2n) is 5.21. The minimum absolute atomic E-state index is 0.667. The number of aromatic nitrogens is 1. The van der Waals surface area contributed by atoms with Gasteiger partial charge in [-0.2, -0.15) is 0 Å². The van der Waals surface area contributed by atoms with Gasteiger partial charge in [0.2, 0.25) is 0 Å². The molecule has 112 valence electrons. The van der Waals surface area contributed by atoms with E-state index in [-0.39, 0.29) is 0 Å². The molecule has 0 aliphatic heterocycles. The van der Waals surface area contributed by atoms with Crippen LogP contribution in [-0.4, -0.2) is 11.5 Å². The Labute approximate surface area is 135 Å². The van der Waals surface area contributed by atoms with Gasteiger partial charge >= 0.3 is 0 Å². The van der Waals surface area contributed by atoms with Gasteiger partial charge in [0.25, 0.3) is 0 Å². The van der Waals surface area contributed by atoms with Gasteiger partial charge in [-0.3, -0.25) is 0 Å². The zero-order chi connectivity index (χ0) is 15.4. The Morgan fingerprint density at radius 1 is 0.909 bits per heavy atom. The normalized spacial score (nSPS) is 10.8. The van der Waals surface area contributed by atoms with Crippen LogP contribution in [0.3, 0.4) is 0 Å². The SMILES string of the molecule is CCc1nc(-c2ccc(-c3ccccc3)cc2)c(CCN)s1. The van der Waals surface area contributed by atoms with Gasteiger partial charge in [0.05, 0.1) is 10.7 Å². The van der Waals surface area contributed by atoms with Crippen LogP contribution < -0.4 is 5.73 Å². The standard InChI is InChI=1S/C19H20N2S/c1-2-18-21-19(17(22-18)12-13-20)16-10-8-15(9-11-16)14-6-4-3-5-7-14/h3-11H,2,12-13,20H2,1H3. The molecule has 0 radical (unpaired) electrons. The van der Waals surface area contributed by atoms with Crippen LogP contribution in [0, 0.1) is 0 Å². The highest BCUT2D eigenvalue weighted by Crippen LogP contribution is 2.30. The van der Waals surface area contributed by atoms with Gasteiger partial charge in [0, 0.05) is 10.4 Å². The van der Waals surface area contributed by atoms with E-state index in [1.165, 1.54) is 26.6 Å². The zero-order valence-electron chi connectivity index (χ0n) is 12.8. The Balaban J connectivity index is 1.94. The zero-order valence-corrected chi connectivity index (χ0v) is 13.6. The third-order valence-corrected chi connectivity index (χ3v) is 4.94. The molecule has 3 heteroatoms. The third-order valence-electron chi connectivity index (χ3n) is 3.68. The molecule has 3 rings (SSSR count). The van der Waals surface area contributed by atoms with Crippen molar-refractivity contribution in [2.45, 2.75) is 19.8 Å². The van der Waals surface area contributed by atoms with Crippen LogP contribution in [-0.2, 0) is 12.8 Å². The number of nitrogens with two attached hydrogens (primary N) is 1. The fraction of sp³-hybridized carbons (Fsp3) is 0.211. The largest absolute Gasteiger partial charge is 0.330 e. The highest BCUT2D eigenvalue weighted by Gasteiger charge is 2.12. The summed E-state index contributed by atoms with van der Waals surface area (Å²) in [5.74, 6) is 0. The minimum atomic E-state index is 0.667. The van der Waals surface area contributed by atoms with Crippen molar-refractivity contribution in [3.8, 4) is 22.4 Å². The fourth-order valence-electron chi connectivity index (χ4n) is 2.53. The molecule has 0 amide bonds. The van der Waals surface area contributed by atoms with Crippen molar-refractivity contribution in [1.82, 2.24) is 4.98 Å². The van der Waals surface area contributed by atoms with Gasteiger partial charge in [0.1, 0.15) is 0 Å². The Bertz CT molecular complexity index is 730. The molecule has 0 unspecified atom stereocenters. The molecule has 2 nitrogen and oxygen atoms in total. The molecule has 2 aromatic carbocycles. The molecule has 0 fully saturated rings. The number of benzene rings is 2. The van der Waals surface area contributed by atoms with Crippen molar-refractivity contribution in [3.63, 3.8) is 0 Å². The number of hydrogen-bond donors (Lipinski definition) is 1. The Hall–Kier alpha value is -1.97. The topological polar surface area (TPSA) is 38.9 Å². The van der Waals surface area contributed by atoms with Gasteiger partial charge in [-0.25, -0.2) is 4.98 Å². The summed E-state index contributed by atoms with van der Waals surface area (Å²) in [6.45, 7) is 2.81. The molecule has 0 aliphatic rings. The van der Waals surface area contributed by atoms with Crippen molar-refractivity contribution in [3.05, 3.63) is 64.5 Å². The molecule has 0 spiro atoms. The highest BCUT2D eigenvalue weighted by molar-refractivity contribution is 7.12. The van der Waals surface area contributed by atoms with E-state index >= 15 is 0 Å². The van der Waals surface area contributed by atoms with E-state index in [9.17, 15) is 0 Å². The van der Waals surface area contributed by atoms with Crippen molar-refractivity contribution in [2.24, 2.45) is 5.73 Å². The molecule has 22 heavy (non-hydrogen) atoms. The quantitative estimate of drug-likeness (QED) is 0.751. The Morgan fingerprint density at radius 2 is 1.55 bits per heavy atom. The molecule has 2 N–H and O–H groups in total. The molecular formula is C19H20N2S. The number of rotatable bonds is 5. The van der Waals surface area contributed by atoms with Crippen molar-refractivity contribution in [2.75, 3.05) is 6.54 Å². The van der Waals surface area contributed by atoms with E-state index in [1.807, 2.05) is 6.07 Å². The van der Waals surface area contributed by atoms with E-state index in [0.29, 0.717) is 6.54 Å². The van der Waals surface area contributed by atoms with Gasteiger partial charge < -0.3 is 5.73 Å². The highest BCUT2D eigenvalue weighted by atomic mass is 32.1. The number of nitrogens with zero attached hydrogens (tertiary/aromatic N) is 1. The minimum Gasteiger partial charge on any atom is -0.330 e. The maximum atomic E-state index is 5.74. The van der Waals surface area contributed by atoms with E-state index in [0.717, 1.165) is 18.5 Å². The molecule has 0 atom stereocenters. The first kappa shape index (κ1) is 14.9. The summed E-state index contributed by atoms with van der Waals surface area (Å²) in [6.07, 6.45) is 1.87. The summed E-state index contributed by atoms with van der Waals surface area (Å²) in [5.41, 5.74) is 10.5. The van der Waals surface area contributed by atoms with Crippen LogP contribution in [0.4, 0.5) is 0 Å². The first-order valence-corrected chi connectivity index (χ1v) is 8.48. The average Bonchev–Trinajstić information content (AvgIpc) is 2.99. The van der Waals surface area contributed by atoms with Crippen LogP contribution in [0.25, 0.3) is 22.4 Å². The predicted octanol–water partition coefficient (Wildman–Crippen LogP) is 4.54. The van der Waals surface area contributed by atoms with Crippen LogP contribution in [0.1, 0.15) is 16.8 Å². The lowest BCUT2D eigenvalue weighted by molar-refractivity contribution is 0.985. The molecule has 0 saturated heterocycles. The first-order valence-electron chi connectivity index (χ1n) is 7.66. The Kier molecular flexibility index (Phi) is 4.66. The summed E-state index contributed by atoms with van der Waals surface area (Å²) < 4.78 is 0. The lowest BCUT2D eigenvalue weighted by Crippen LogP contribution is -2.02. The number of thiazole rings is 1. The van der Waals surface area contributed by atoms with E-state index < -0.39 is 0 Å². The predicted molar refractivity (Wildman–Crippen MR) is 95.1 cm³/mol. The van der Waals surface area contributed by atoms with Crippen molar-refractivity contribution >= 4 is 11.3 Å². The summed E-state index contributed by atoms with van der Waals surface area (Å²) in [6, 6.07) is 19.1. The molecule has 3 aromatic rings. The third kappa shape index (κ3) is 3.11.